The molecule has 0 saturated carbocycles. The molecule has 8 rings (SSSR count). The number of hydrogen-bond donors (Lipinski definition) is 0. The van der Waals surface area contributed by atoms with Gasteiger partial charge in [0.1, 0.15) is 0 Å². The van der Waals surface area contributed by atoms with Crippen molar-refractivity contribution in [2.24, 2.45) is 0 Å². The van der Waals surface area contributed by atoms with Crippen LogP contribution in [0.2, 0.25) is 0 Å². The van der Waals surface area contributed by atoms with Crippen molar-refractivity contribution < 1.29 is 0 Å². The maximum Gasteiger partial charge on any atom is 0.0540 e. The van der Waals surface area contributed by atoms with Crippen LogP contribution in [-0.2, 0) is 0 Å². The third-order valence-corrected chi connectivity index (χ3v) is 9.81. The summed E-state index contributed by atoms with van der Waals surface area (Å²) >= 11 is 0. The van der Waals surface area contributed by atoms with Crippen LogP contribution in [0.1, 0.15) is 22.5 Å². The molecular weight excluding hydrogens is 556 g/mol. The summed E-state index contributed by atoms with van der Waals surface area (Å²) in [5, 5.41) is 2.56. The van der Waals surface area contributed by atoms with Crippen molar-refractivity contribution in [1.82, 2.24) is 9.13 Å². The Morgan fingerprint density at radius 1 is 0.348 bits per heavy atom. The van der Waals surface area contributed by atoms with E-state index in [1.165, 1.54) is 89.1 Å². The molecule has 46 heavy (non-hydrogen) atoms. The number of rotatable bonds is 5. The Balaban J connectivity index is 1.50. The quantitative estimate of drug-likeness (QED) is 0.188. The highest BCUT2D eigenvalue weighted by Crippen LogP contribution is 2.45. The van der Waals surface area contributed by atoms with E-state index in [2.05, 4.69) is 182 Å². The molecule has 2 nitrogen and oxygen atoms in total. The predicted octanol–water partition coefficient (Wildman–Crippen LogP) is 11.8. The zero-order chi connectivity index (χ0) is 31.4. The van der Waals surface area contributed by atoms with Crippen LogP contribution in [0, 0.1) is 27.7 Å². The second-order valence-corrected chi connectivity index (χ2v) is 12.3. The molecular formula is C44H36N2. The molecule has 0 spiro atoms. The zero-order valence-corrected chi connectivity index (χ0v) is 26.8. The first-order valence-electron chi connectivity index (χ1n) is 16.0. The normalized spacial score (nSPS) is 11.5. The van der Waals surface area contributed by atoms with Gasteiger partial charge in [0.2, 0.25) is 0 Å². The average molecular weight is 593 g/mol. The second-order valence-electron chi connectivity index (χ2n) is 12.3. The van der Waals surface area contributed by atoms with E-state index in [-0.39, 0.29) is 0 Å². The second kappa shape index (κ2) is 11.1. The van der Waals surface area contributed by atoms with Crippen molar-refractivity contribution in [1.29, 1.82) is 0 Å². The summed E-state index contributed by atoms with van der Waals surface area (Å²) in [6, 6.07) is 52.9. The molecule has 0 amide bonds. The molecule has 0 fully saturated rings. The lowest BCUT2D eigenvalue weighted by Gasteiger charge is -2.18. The van der Waals surface area contributed by atoms with Crippen molar-refractivity contribution in [3.8, 4) is 44.8 Å². The molecule has 0 atom stereocenters. The largest absolute Gasteiger partial charge is 0.314 e. The van der Waals surface area contributed by atoms with Gasteiger partial charge in [-0.1, -0.05) is 97.1 Å². The third-order valence-electron chi connectivity index (χ3n) is 9.81. The standard InChI is InChI=1S/C44H36N2/c1-29-31(3)45(35-21-13-7-14-22-35)43-27-39(33-17-9-5-10-18-33)41(25-37(29)43)42-26-38-30(2)32(4)46(36-23-15-8-16-24-36)44(38)28-40(42)34-19-11-6-12-20-34/h5-28H,1-4H3. The number of fused-ring (bicyclic) bond motifs is 2. The lowest BCUT2D eigenvalue weighted by atomic mass is 9.87. The molecule has 2 heterocycles. The molecule has 2 aromatic heterocycles. The Bertz CT molecular complexity index is 2190. The highest BCUT2D eigenvalue weighted by molar-refractivity contribution is 6.05. The van der Waals surface area contributed by atoms with Gasteiger partial charge in [-0.15, -0.1) is 0 Å². The van der Waals surface area contributed by atoms with Gasteiger partial charge in [-0.05, 0) is 121 Å². The first-order valence-corrected chi connectivity index (χ1v) is 16.0. The first kappa shape index (κ1) is 27.9. The molecule has 0 aliphatic heterocycles. The molecule has 0 unspecified atom stereocenters. The predicted molar refractivity (Wildman–Crippen MR) is 195 cm³/mol. The number of benzene rings is 6. The highest BCUT2D eigenvalue weighted by atomic mass is 15.0. The van der Waals surface area contributed by atoms with Crippen LogP contribution < -0.4 is 0 Å². The first-order chi connectivity index (χ1) is 22.5. The summed E-state index contributed by atoms with van der Waals surface area (Å²) < 4.78 is 4.82. The van der Waals surface area contributed by atoms with Crippen LogP contribution >= 0.6 is 0 Å². The fraction of sp³-hybridized carbons (Fsp3) is 0.0909. The van der Waals surface area contributed by atoms with Gasteiger partial charge in [-0.2, -0.15) is 0 Å². The minimum atomic E-state index is 1.18. The van der Waals surface area contributed by atoms with Crippen LogP contribution in [0.3, 0.4) is 0 Å². The van der Waals surface area contributed by atoms with E-state index < -0.39 is 0 Å². The zero-order valence-electron chi connectivity index (χ0n) is 26.8. The van der Waals surface area contributed by atoms with Crippen molar-refractivity contribution >= 4 is 21.8 Å². The number of nitrogens with zero attached hydrogens (tertiary/aromatic N) is 2. The topological polar surface area (TPSA) is 9.86 Å². The minimum Gasteiger partial charge on any atom is -0.314 e. The highest BCUT2D eigenvalue weighted by Gasteiger charge is 2.22. The molecule has 0 aliphatic carbocycles. The Labute approximate surface area is 270 Å². The van der Waals surface area contributed by atoms with Crippen LogP contribution in [0.15, 0.2) is 146 Å². The van der Waals surface area contributed by atoms with Gasteiger partial charge in [0, 0.05) is 33.5 Å². The molecule has 0 aliphatic rings. The lowest BCUT2D eigenvalue weighted by Crippen LogP contribution is -1.98. The SMILES string of the molecule is Cc1c(C)n(-c2ccccc2)c2cc(-c3ccccc3)c(-c3cc4c(C)c(C)n(-c5ccccc5)c4cc3-c3ccccc3)cc12. The maximum atomic E-state index is 2.45. The molecule has 0 bridgehead atoms. The molecule has 6 aromatic carbocycles. The summed E-state index contributed by atoms with van der Waals surface area (Å²) in [5.41, 5.74) is 17.4. The van der Waals surface area contributed by atoms with Gasteiger partial charge >= 0.3 is 0 Å². The Kier molecular flexibility index (Phi) is 6.73. The molecule has 0 radical (unpaired) electrons. The summed E-state index contributed by atoms with van der Waals surface area (Å²) in [4.78, 5) is 0. The van der Waals surface area contributed by atoms with Gasteiger partial charge in [0.25, 0.3) is 0 Å². The summed E-state index contributed by atoms with van der Waals surface area (Å²) in [5.74, 6) is 0. The van der Waals surface area contributed by atoms with E-state index in [1.54, 1.807) is 0 Å². The summed E-state index contributed by atoms with van der Waals surface area (Å²) in [6.45, 7) is 9.00. The maximum absolute atomic E-state index is 2.45. The molecule has 222 valence electrons. The number of aromatic nitrogens is 2. The van der Waals surface area contributed by atoms with Crippen LogP contribution in [0.25, 0.3) is 66.6 Å². The van der Waals surface area contributed by atoms with Gasteiger partial charge in [-0.3, -0.25) is 0 Å². The van der Waals surface area contributed by atoms with E-state index in [9.17, 15) is 0 Å². The van der Waals surface area contributed by atoms with E-state index >= 15 is 0 Å². The minimum absolute atomic E-state index is 1.18. The average Bonchev–Trinajstić information content (AvgIpc) is 3.51. The van der Waals surface area contributed by atoms with E-state index in [0.717, 1.165) is 0 Å². The Morgan fingerprint density at radius 3 is 1.02 bits per heavy atom. The number of hydrogen-bond acceptors (Lipinski definition) is 0. The van der Waals surface area contributed by atoms with Crippen LogP contribution in [-0.4, -0.2) is 9.13 Å². The van der Waals surface area contributed by atoms with Crippen molar-refractivity contribution in [2.75, 3.05) is 0 Å². The van der Waals surface area contributed by atoms with Crippen molar-refractivity contribution in [2.45, 2.75) is 27.7 Å². The third kappa shape index (κ3) is 4.41. The van der Waals surface area contributed by atoms with Gasteiger partial charge in [-0.25, -0.2) is 0 Å². The molecule has 8 aromatic rings. The van der Waals surface area contributed by atoms with Crippen molar-refractivity contribution in [3.05, 3.63) is 168 Å². The van der Waals surface area contributed by atoms with E-state index in [4.69, 9.17) is 0 Å². The Hall–Kier alpha value is -5.60. The lowest BCUT2D eigenvalue weighted by molar-refractivity contribution is 1.04. The number of aryl methyl sites for hydroxylation is 2. The molecule has 2 heteroatoms. The van der Waals surface area contributed by atoms with Gasteiger partial charge < -0.3 is 9.13 Å². The van der Waals surface area contributed by atoms with E-state index in [0.29, 0.717) is 0 Å². The van der Waals surface area contributed by atoms with Gasteiger partial charge in [0.05, 0.1) is 11.0 Å². The summed E-state index contributed by atoms with van der Waals surface area (Å²) in [7, 11) is 0. The smallest absolute Gasteiger partial charge is 0.0540 e. The van der Waals surface area contributed by atoms with Crippen LogP contribution in [0.5, 0.6) is 0 Å². The molecule has 0 saturated heterocycles. The Morgan fingerprint density at radius 2 is 0.674 bits per heavy atom. The fourth-order valence-corrected chi connectivity index (χ4v) is 7.21. The van der Waals surface area contributed by atoms with Crippen molar-refractivity contribution in [3.63, 3.8) is 0 Å². The van der Waals surface area contributed by atoms with Gasteiger partial charge in [0.15, 0.2) is 0 Å². The van der Waals surface area contributed by atoms with E-state index in [1.807, 2.05) is 0 Å². The number of para-hydroxylation sites is 2. The summed E-state index contributed by atoms with van der Waals surface area (Å²) in [6.07, 6.45) is 0. The molecule has 0 N–H and O–H groups in total. The monoisotopic (exact) mass is 592 g/mol. The fourth-order valence-electron chi connectivity index (χ4n) is 7.21. The van der Waals surface area contributed by atoms with Crippen LogP contribution in [0.4, 0.5) is 0 Å².